The normalized spacial score (nSPS) is 12.4. The molecule has 0 unspecified atom stereocenters. The van der Waals surface area contributed by atoms with Gasteiger partial charge in [-0.05, 0) is 6.42 Å². The lowest BCUT2D eigenvalue weighted by Gasteiger charge is -2.15. The smallest absolute Gasteiger partial charge is 0.216 e. The third-order valence-electron chi connectivity index (χ3n) is 1.19. The van der Waals surface area contributed by atoms with Gasteiger partial charge in [0.2, 0.25) is 0 Å². The molecule has 0 fully saturated rings. The van der Waals surface area contributed by atoms with Gasteiger partial charge in [-0.3, -0.25) is 0 Å². The van der Waals surface area contributed by atoms with Crippen LogP contribution in [0.3, 0.4) is 0 Å². The van der Waals surface area contributed by atoms with E-state index in [1.54, 1.807) is 6.92 Å². The molecule has 10 heavy (non-hydrogen) atoms. The summed E-state index contributed by atoms with van der Waals surface area (Å²) in [6.45, 7) is 4.63. The molecule has 0 bridgehead atoms. The number of hydrogen-bond donors (Lipinski definition) is 1. The summed E-state index contributed by atoms with van der Waals surface area (Å²) in [4.78, 5) is 0. The van der Waals surface area contributed by atoms with Crippen LogP contribution < -0.4 is 5.14 Å². The second kappa shape index (κ2) is 3.90. The molecule has 0 atom stereocenters. The molecule has 0 aliphatic carbocycles. The highest BCUT2D eigenvalue weighted by Crippen LogP contribution is 1.94. The van der Waals surface area contributed by atoms with Gasteiger partial charge < -0.3 is 0 Å². The molecule has 4 nitrogen and oxygen atoms in total. The van der Waals surface area contributed by atoms with Crippen molar-refractivity contribution in [3.8, 4) is 0 Å². The van der Waals surface area contributed by atoms with Crippen molar-refractivity contribution < 1.29 is 8.42 Å². The van der Waals surface area contributed by atoms with Crippen LogP contribution in [0, 0.1) is 0 Å². The fourth-order valence-corrected chi connectivity index (χ4v) is 1.51. The molecule has 0 aliphatic heterocycles. The molecule has 0 aromatic heterocycles. The minimum absolute atomic E-state index is 0.451. The van der Waals surface area contributed by atoms with Crippen molar-refractivity contribution in [2.45, 2.75) is 20.3 Å². The first kappa shape index (κ1) is 9.87. The van der Waals surface area contributed by atoms with Gasteiger partial charge >= 0.3 is 0 Å². The minimum atomic E-state index is -3.44. The van der Waals surface area contributed by atoms with Crippen molar-refractivity contribution in [1.29, 1.82) is 0 Å². The summed E-state index contributed by atoms with van der Waals surface area (Å²) >= 11 is 0. The van der Waals surface area contributed by atoms with Crippen LogP contribution in [-0.4, -0.2) is 25.8 Å². The molecule has 0 spiro atoms. The van der Waals surface area contributed by atoms with Crippen LogP contribution in [0.4, 0.5) is 0 Å². The molecule has 0 aromatic rings. The van der Waals surface area contributed by atoms with Crippen LogP contribution in [0.1, 0.15) is 20.3 Å². The minimum Gasteiger partial charge on any atom is -0.216 e. The summed E-state index contributed by atoms with van der Waals surface area (Å²) in [6, 6.07) is 0. The second-order valence-corrected chi connectivity index (χ2v) is 3.58. The largest absolute Gasteiger partial charge is 0.276 e. The molecule has 0 saturated carbocycles. The maximum absolute atomic E-state index is 10.7. The van der Waals surface area contributed by atoms with E-state index in [0.717, 1.165) is 6.42 Å². The maximum Gasteiger partial charge on any atom is 0.276 e. The number of nitrogens with zero attached hydrogens (tertiary/aromatic N) is 1. The summed E-state index contributed by atoms with van der Waals surface area (Å²) in [5, 5.41) is 4.87. The zero-order valence-corrected chi connectivity index (χ0v) is 7.19. The summed E-state index contributed by atoms with van der Waals surface area (Å²) < 4.78 is 22.6. The molecule has 0 aromatic carbocycles. The van der Waals surface area contributed by atoms with Gasteiger partial charge in [0.1, 0.15) is 0 Å². The van der Waals surface area contributed by atoms with Crippen LogP contribution in [-0.2, 0) is 10.2 Å². The van der Waals surface area contributed by atoms with E-state index < -0.39 is 10.2 Å². The molecule has 62 valence electrons. The lowest BCUT2D eigenvalue weighted by atomic mass is 10.5. The molecular formula is C5H14N2O2S. The molecule has 0 radical (unpaired) electrons. The first-order valence-corrected chi connectivity index (χ1v) is 4.80. The van der Waals surface area contributed by atoms with Crippen molar-refractivity contribution in [3.63, 3.8) is 0 Å². The van der Waals surface area contributed by atoms with Gasteiger partial charge in [0.15, 0.2) is 0 Å². The Morgan fingerprint density at radius 2 is 1.90 bits per heavy atom. The lowest BCUT2D eigenvalue weighted by Crippen LogP contribution is -2.36. The maximum atomic E-state index is 10.7. The van der Waals surface area contributed by atoms with E-state index in [1.165, 1.54) is 4.31 Å². The highest BCUT2D eigenvalue weighted by Gasteiger charge is 2.12. The summed E-state index contributed by atoms with van der Waals surface area (Å²) in [7, 11) is -3.44. The van der Waals surface area contributed by atoms with Gasteiger partial charge in [0.25, 0.3) is 10.2 Å². The van der Waals surface area contributed by atoms with Gasteiger partial charge in [0, 0.05) is 13.1 Å². The van der Waals surface area contributed by atoms with Gasteiger partial charge in [-0.2, -0.15) is 12.7 Å². The summed E-state index contributed by atoms with van der Waals surface area (Å²) in [5.41, 5.74) is 0. The molecular weight excluding hydrogens is 152 g/mol. The zero-order valence-electron chi connectivity index (χ0n) is 6.37. The Morgan fingerprint density at radius 1 is 1.40 bits per heavy atom. The van der Waals surface area contributed by atoms with Crippen molar-refractivity contribution in [2.75, 3.05) is 13.1 Å². The van der Waals surface area contributed by atoms with Gasteiger partial charge in [-0.25, -0.2) is 5.14 Å². The van der Waals surface area contributed by atoms with E-state index >= 15 is 0 Å². The van der Waals surface area contributed by atoms with Crippen molar-refractivity contribution >= 4 is 10.2 Å². The van der Waals surface area contributed by atoms with Crippen LogP contribution in [0.5, 0.6) is 0 Å². The Morgan fingerprint density at radius 3 is 2.00 bits per heavy atom. The number of hydrogen-bond acceptors (Lipinski definition) is 2. The van der Waals surface area contributed by atoms with E-state index in [1.807, 2.05) is 6.92 Å². The molecule has 0 heterocycles. The van der Waals surface area contributed by atoms with Gasteiger partial charge in [0.05, 0.1) is 0 Å². The fraction of sp³-hybridized carbons (Fsp3) is 1.00. The van der Waals surface area contributed by atoms with Crippen LogP contribution in [0.15, 0.2) is 0 Å². The van der Waals surface area contributed by atoms with Crippen LogP contribution in [0.2, 0.25) is 0 Å². The molecule has 0 rings (SSSR count). The third kappa shape index (κ3) is 3.14. The Kier molecular flexibility index (Phi) is 3.85. The predicted octanol–water partition coefficient (Wildman–Crippen LogP) is -0.0782. The predicted molar refractivity (Wildman–Crippen MR) is 40.6 cm³/mol. The summed E-state index contributed by atoms with van der Waals surface area (Å²) in [5.74, 6) is 0. The standard InChI is InChI=1S/C5H14N2O2S/c1-3-5-7(4-2)10(6,8)9/h3-5H2,1-2H3,(H2,6,8,9). The first-order valence-electron chi connectivity index (χ1n) is 3.30. The van der Waals surface area contributed by atoms with E-state index in [2.05, 4.69) is 0 Å². The average molecular weight is 166 g/mol. The number of rotatable bonds is 4. The Bertz CT molecular complexity index is 176. The Balaban J connectivity index is 4.08. The van der Waals surface area contributed by atoms with Crippen LogP contribution in [0.25, 0.3) is 0 Å². The monoisotopic (exact) mass is 166 g/mol. The Labute approximate surface area is 62.2 Å². The lowest BCUT2D eigenvalue weighted by molar-refractivity contribution is 0.428. The van der Waals surface area contributed by atoms with E-state index in [-0.39, 0.29) is 0 Å². The first-order chi connectivity index (χ1) is 4.52. The molecule has 2 N–H and O–H groups in total. The van der Waals surface area contributed by atoms with Crippen molar-refractivity contribution in [1.82, 2.24) is 4.31 Å². The van der Waals surface area contributed by atoms with Crippen molar-refractivity contribution in [2.24, 2.45) is 5.14 Å². The van der Waals surface area contributed by atoms with Gasteiger partial charge in [-0.1, -0.05) is 13.8 Å². The third-order valence-corrected chi connectivity index (χ3v) is 2.35. The molecule has 0 amide bonds. The van der Waals surface area contributed by atoms with E-state index in [4.69, 9.17) is 5.14 Å². The van der Waals surface area contributed by atoms with Crippen molar-refractivity contribution in [3.05, 3.63) is 0 Å². The highest BCUT2D eigenvalue weighted by atomic mass is 32.2. The van der Waals surface area contributed by atoms with Gasteiger partial charge in [-0.15, -0.1) is 0 Å². The SMILES string of the molecule is CCCN(CC)S(N)(=O)=O. The topological polar surface area (TPSA) is 63.4 Å². The average Bonchev–Trinajstić information content (AvgIpc) is 1.80. The van der Waals surface area contributed by atoms with E-state index in [0.29, 0.717) is 13.1 Å². The second-order valence-electron chi connectivity index (χ2n) is 2.04. The molecule has 0 saturated heterocycles. The zero-order chi connectivity index (χ0) is 8.20. The van der Waals surface area contributed by atoms with E-state index in [9.17, 15) is 8.42 Å². The quantitative estimate of drug-likeness (QED) is 0.635. The molecule has 5 heteroatoms. The fourth-order valence-electron chi connectivity index (χ4n) is 0.715. The summed E-state index contributed by atoms with van der Waals surface area (Å²) in [6.07, 6.45) is 0.796. The highest BCUT2D eigenvalue weighted by molar-refractivity contribution is 7.86. The Hall–Kier alpha value is -0.130. The molecule has 0 aliphatic rings. The van der Waals surface area contributed by atoms with Crippen LogP contribution >= 0.6 is 0 Å². The number of nitrogens with two attached hydrogens (primary N) is 1.